The zero-order chi connectivity index (χ0) is 52.0. The van der Waals surface area contributed by atoms with Crippen molar-refractivity contribution in [1.82, 2.24) is 36.8 Å². The van der Waals surface area contributed by atoms with Crippen LogP contribution >= 0.6 is 33.2 Å². The van der Waals surface area contributed by atoms with Gasteiger partial charge in [0.2, 0.25) is 41.4 Å². The zero-order valence-electron chi connectivity index (χ0n) is 39.4. The number of nitrogens with one attached hydrogen (secondary N) is 6. The van der Waals surface area contributed by atoms with Crippen LogP contribution in [0, 0.1) is 5.92 Å². The number of aliphatic imine (C=N–C) groups is 2. The molecule has 27 heteroatoms. The number of benzene rings is 1. The van der Waals surface area contributed by atoms with Crippen LogP contribution in [0.5, 0.6) is 0 Å². The summed E-state index contributed by atoms with van der Waals surface area (Å²) < 4.78 is 0. The monoisotopic (exact) mass is 1050 g/mol. The highest BCUT2D eigenvalue weighted by molar-refractivity contribution is 8.76. The average Bonchev–Trinajstić information content (AvgIpc) is 3.82. The second kappa shape index (κ2) is 29.4. The summed E-state index contributed by atoms with van der Waals surface area (Å²) in [5.41, 5.74) is 27.9. The Hall–Kier alpha value is -6.02. The first-order chi connectivity index (χ1) is 33.8. The fourth-order valence-electron chi connectivity index (χ4n) is 8.35. The Bertz CT molecular complexity index is 2110. The molecular weight excluding hydrogens is 984 g/mol. The molecule has 0 bridgehead atoms. The molecule has 8 amide bonds. The van der Waals surface area contributed by atoms with E-state index in [9.17, 15) is 48.3 Å². The number of carboxylic acids is 1. The fraction of sp³-hybridized carbons (Fsp3) is 0.614. The van der Waals surface area contributed by atoms with Gasteiger partial charge in [0.05, 0.1) is 0 Å². The van der Waals surface area contributed by atoms with Crippen molar-refractivity contribution in [3.05, 3.63) is 34.9 Å². The van der Waals surface area contributed by atoms with Gasteiger partial charge in [0, 0.05) is 48.1 Å². The lowest BCUT2D eigenvalue weighted by molar-refractivity contribution is -0.141. The second-order valence-electron chi connectivity index (χ2n) is 17.6. The molecule has 1 aromatic carbocycles. The van der Waals surface area contributed by atoms with E-state index in [0.29, 0.717) is 23.4 Å². The Labute approximate surface area is 424 Å². The van der Waals surface area contributed by atoms with Gasteiger partial charge in [-0.05, 0) is 81.5 Å². The number of carbonyl (C=O) groups excluding carboxylic acids is 8. The Balaban J connectivity index is 1.57. The molecule has 4 rings (SSSR count). The molecule has 24 nitrogen and oxygen atoms in total. The molecule has 2 aliphatic heterocycles. The van der Waals surface area contributed by atoms with Gasteiger partial charge in [-0.2, -0.15) is 0 Å². The summed E-state index contributed by atoms with van der Waals surface area (Å²) in [6.07, 6.45) is 4.91. The van der Waals surface area contributed by atoms with Gasteiger partial charge < -0.3 is 70.6 Å². The maximum Gasteiger partial charge on any atom is 0.327 e. The third-order valence-electron chi connectivity index (χ3n) is 12.1. The van der Waals surface area contributed by atoms with Crippen LogP contribution in [0.2, 0.25) is 5.02 Å². The highest BCUT2D eigenvalue weighted by atomic mass is 35.5. The summed E-state index contributed by atoms with van der Waals surface area (Å²) in [5.74, 6) is -7.19. The number of halogens is 1. The van der Waals surface area contributed by atoms with Gasteiger partial charge in [-0.3, -0.25) is 48.3 Å². The Morgan fingerprint density at radius 3 is 1.83 bits per heavy atom. The van der Waals surface area contributed by atoms with Crippen molar-refractivity contribution >= 4 is 98.3 Å². The van der Waals surface area contributed by atoms with Crippen molar-refractivity contribution in [1.29, 1.82) is 0 Å². The van der Waals surface area contributed by atoms with Gasteiger partial charge in [0.25, 0.3) is 5.91 Å². The van der Waals surface area contributed by atoms with Crippen LogP contribution in [0.3, 0.4) is 0 Å². The minimum absolute atomic E-state index is 0.0111. The zero-order valence-corrected chi connectivity index (χ0v) is 41.8. The molecule has 1 aliphatic carbocycles. The number of primary amides is 1. The first-order valence-corrected chi connectivity index (χ1v) is 26.4. The summed E-state index contributed by atoms with van der Waals surface area (Å²) in [6, 6.07) is -2.43. The number of amides is 8. The number of hydrogen-bond acceptors (Lipinski definition) is 13. The Morgan fingerprint density at radius 1 is 0.718 bits per heavy atom. The van der Waals surface area contributed by atoms with E-state index in [0.717, 1.165) is 32.1 Å². The van der Waals surface area contributed by atoms with Crippen molar-refractivity contribution < 1.29 is 48.3 Å². The molecule has 0 aromatic heterocycles. The first-order valence-electron chi connectivity index (χ1n) is 23.6. The van der Waals surface area contributed by atoms with E-state index in [-0.39, 0.29) is 93.9 Å². The van der Waals surface area contributed by atoms with E-state index >= 15 is 0 Å². The minimum atomic E-state index is -1.48. The molecular formula is C44H67ClN14O10S2. The van der Waals surface area contributed by atoms with Crippen molar-refractivity contribution in [2.75, 3.05) is 31.1 Å². The number of nitrogens with two attached hydrogens (primary N) is 5. The van der Waals surface area contributed by atoms with Crippen LogP contribution in [0.4, 0.5) is 0 Å². The molecule has 2 heterocycles. The topological polar surface area (TPSA) is 404 Å². The number of aliphatic carboxylic acids is 1. The third kappa shape index (κ3) is 19.6. The van der Waals surface area contributed by atoms with E-state index in [2.05, 4.69) is 41.9 Å². The number of carboxylic acid groups (broad SMARTS) is 1. The molecule has 0 radical (unpaired) electrons. The smallest absolute Gasteiger partial charge is 0.327 e. The quantitative estimate of drug-likeness (QED) is 0.0234. The van der Waals surface area contributed by atoms with Crippen LogP contribution in [0.25, 0.3) is 0 Å². The average molecular weight is 1050 g/mol. The molecule has 1 saturated carbocycles. The van der Waals surface area contributed by atoms with Crippen LogP contribution in [-0.4, -0.2) is 149 Å². The number of carbonyl (C=O) groups is 9. The molecule has 7 atom stereocenters. The molecule has 3 aliphatic rings. The standard InChI is InChI=1S/C44H67ClN14O10S2/c45-26-14-12-25(13-15-26)41(67)59-20-6-11-33(59)40(66)55-28(10-5-19-52-44(49)50)36(62)53-27(9-4-18-51-43(47)48)35(61)54-29(16-17-34(46)60)37(63)56-30(21-24-7-2-1-3-8-24)38(64)57-31-22-70-71-23-32(42(68)69)58-39(31)65/h12-15,24,27-33H,1-11,16-23H2,(H2,46,60)(H,53,62)(H,54,61)(H,55,66)(H,56,63)(H,57,64)(H,58,65)(H,68,69)(H4,47,48,51)(H4,49,50,52)/t27-,28-,29+,30+,31+,32+,33+/m1/s1. The Morgan fingerprint density at radius 2 is 1.27 bits per heavy atom. The molecule has 1 aromatic rings. The normalized spacial score (nSPS) is 19.9. The van der Waals surface area contributed by atoms with Crippen molar-refractivity contribution in [3.8, 4) is 0 Å². The van der Waals surface area contributed by atoms with E-state index in [1.807, 2.05) is 0 Å². The van der Waals surface area contributed by atoms with Crippen molar-refractivity contribution in [2.24, 2.45) is 44.6 Å². The predicted molar refractivity (Wildman–Crippen MR) is 269 cm³/mol. The molecule has 0 spiro atoms. The maximum atomic E-state index is 14.3. The van der Waals surface area contributed by atoms with Crippen molar-refractivity contribution in [3.63, 3.8) is 0 Å². The summed E-state index contributed by atoms with van der Waals surface area (Å²) >= 11 is 6.02. The van der Waals surface area contributed by atoms with E-state index in [1.54, 1.807) is 24.3 Å². The Kier molecular flexibility index (Phi) is 23.8. The number of likely N-dealkylation sites (tertiary alicyclic amines) is 1. The largest absolute Gasteiger partial charge is 0.480 e. The molecule has 17 N–H and O–H groups in total. The lowest BCUT2D eigenvalue weighted by atomic mass is 9.84. The summed E-state index contributed by atoms with van der Waals surface area (Å²) in [5, 5.41) is 25.9. The highest BCUT2D eigenvalue weighted by Crippen LogP contribution is 2.29. The highest BCUT2D eigenvalue weighted by Gasteiger charge is 2.38. The lowest BCUT2D eigenvalue weighted by Crippen LogP contribution is -2.60. The number of nitrogens with zero attached hydrogens (tertiary/aromatic N) is 3. The number of hydrogen-bond donors (Lipinski definition) is 12. The van der Waals surface area contributed by atoms with Crippen LogP contribution in [-0.2, 0) is 38.4 Å². The number of guanidine groups is 2. The van der Waals surface area contributed by atoms with Gasteiger partial charge in [0.15, 0.2) is 11.9 Å². The molecule has 71 heavy (non-hydrogen) atoms. The van der Waals surface area contributed by atoms with Crippen LogP contribution in [0.1, 0.15) is 100 Å². The molecule has 392 valence electrons. The third-order valence-corrected chi connectivity index (χ3v) is 14.8. The summed E-state index contributed by atoms with van der Waals surface area (Å²) in [6.45, 7) is 0.402. The minimum Gasteiger partial charge on any atom is -0.480 e. The van der Waals surface area contributed by atoms with Crippen molar-refractivity contribution in [2.45, 2.75) is 132 Å². The maximum absolute atomic E-state index is 14.3. The van der Waals surface area contributed by atoms with Gasteiger partial charge in [0.1, 0.15) is 42.3 Å². The first kappa shape index (κ1) is 57.6. The summed E-state index contributed by atoms with van der Waals surface area (Å²) in [7, 11) is 2.44. The SMILES string of the molecule is NC(=O)CC[C@H](NC(=O)[C@@H](CCCN=C(N)N)NC(=O)[C@@H](CCCN=C(N)N)NC(=O)[C@@H]1CCCN1C(=O)c1ccc(Cl)cc1)C(=O)N[C@@H](CC1CCCCC1)C(=O)N[C@H]1CSSC[C@@H](C(=O)O)NC1=O. The van der Waals surface area contributed by atoms with Gasteiger partial charge in [-0.1, -0.05) is 65.3 Å². The lowest BCUT2D eigenvalue weighted by Gasteiger charge is -2.30. The van der Waals surface area contributed by atoms with E-state index in [1.165, 1.54) is 26.5 Å². The van der Waals surface area contributed by atoms with E-state index in [4.69, 9.17) is 40.3 Å². The number of rotatable bonds is 25. The summed E-state index contributed by atoms with van der Waals surface area (Å²) in [4.78, 5) is 131. The molecule has 3 fully saturated rings. The molecule has 2 saturated heterocycles. The van der Waals surface area contributed by atoms with Crippen LogP contribution in [0.15, 0.2) is 34.3 Å². The van der Waals surface area contributed by atoms with E-state index < -0.39 is 95.5 Å². The second-order valence-corrected chi connectivity index (χ2v) is 20.6. The van der Waals surface area contributed by atoms with Gasteiger partial charge >= 0.3 is 5.97 Å². The van der Waals surface area contributed by atoms with Gasteiger partial charge in [-0.25, -0.2) is 4.79 Å². The molecule has 0 unspecified atom stereocenters. The van der Waals surface area contributed by atoms with Gasteiger partial charge in [-0.15, -0.1) is 0 Å². The van der Waals surface area contributed by atoms with Crippen LogP contribution < -0.4 is 60.6 Å². The predicted octanol–water partition coefficient (Wildman–Crippen LogP) is -1.32. The fourth-order valence-corrected chi connectivity index (χ4v) is 10.8.